The van der Waals surface area contributed by atoms with Crippen molar-refractivity contribution in [2.45, 2.75) is 59.0 Å². The second-order valence-electron chi connectivity index (χ2n) is 8.01. The Balaban J connectivity index is 2.22. The molecule has 0 atom stereocenters. The van der Waals surface area contributed by atoms with Gasteiger partial charge in [-0.25, -0.2) is 9.78 Å². The van der Waals surface area contributed by atoms with Gasteiger partial charge < -0.3 is 15.0 Å². The van der Waals surface area contributed by atoms with Crippen LogP contribution in [0, 0.1) is 6.92 Å². The lowest BCUT2D eigenvalue weighted by Crippen LogP contribution is -2.30. The minimum atomic E-state index is -0.563. The van der Waals surface area contributed by atoms with Gasteiger partial charge in [0.15, 0.2) is 0 Å². The lowest BCUT2D eigenvalue weighted by molar-refractivity contribution is -0.113. The van der Waals surface area contributed by atoms with E-state index in [-0.39, 0.29) is 35.2 Å². The van der Waals surface area contributed by atoms with Crippen molar-refractivity contribution in [1.82, 2.24) is 20.1 Å². The average molecular weight is 482 g/mol. The molecule has 0 aliphatic rings. The van der Waals surface area contributed by atoms with Crippen molar-refractivity contribution in [3.63, 3.8) is 0 Å². The fraction of sp³-hybridized carbons (Fsp3) is 0.571. The lowest BCUT2D eigenvalue weighted by Gasteiger charge is -2.18. The number of aromatic nitrogens is 3. The van der Waals surface area contributed by atoms with E-state index < -0.39 is 5.97 Å². The predicted molar refractivity (Wildman–Crippen MR) is 127 cm³/mol. The van der Waals surface area contributed by atoms with Crippen LogP contribution in [-0.4, -0.2) is 63.3 Å². The summed E-state index contributed by atoms with van der Waals surface area (Å²) >= 11 is 2.28. The molecule has 0 spiro atoms. The van der Waals surface area contributed by atoms with Crippen LogP contribution in [0.4, 0.5) is 5.00 Å². The zero-order valence-corrected chi connectivity index (χ0v) is 21.3. The van der Waals surface area contributed by atoms with Crippen LogP contribution < -0.4 is 5.32 Å². The Morgan fingerprint density at radius 1 is 1.19 bits per heavy atom. The normalized spacial score (nSPS) is 11.3. The van der Waals surface area contributed by atoms with E-state index in [9.17, 15) is 14.4 Å². The van der Waals surface area contributed by atoms with Gasteiger partial charge in [-0.15, -0.1) is 16.4 Å². The van der Waals surface area contributed by atoms with Gasteiger partial charge in [0.2, 0.25) is 11.1 Å². The number of H-pyrrole nitrogens is 1. The van der Waals surface area contributed by atoms with Gasteiger partial charge in [0.05, 0.1) is 22.8 Å². The minimum Gasteiger partial charge on any atom is -0.462 e. The highest BCUT2D eigenvalue weighted by Crippen LogP contribution is 2.35. The third-order valence-corrected chi connectivity index (χ3v) is 6.67. The molecule has 176 valence electrons. The number of rotatable bonds is 9. The maximum Gasteiger partial charge on any atom is 0.341 e. The third kappa shape index (κ3) is 6.10. The molecule has 32 heavy (non-hydrogen) atoms. The first kappa shape index (κ1) is 25.9. The second-order valence-corrected chi connectivity index (χ2v) is 9.97. The zero-order chi connectivity index (χ0) is 24.1. The van der Waals surface area contributed by atoms with Gasteiger partial charge in [-0.1, -0.05) is 32.5 Å². The van der Waals surface area contributed by atoms with Crippen LogP contribution in [0.5, 0.6) is 0 Å². The largest absolute Gasteiger partial charge is 0.462 e. The van der Waals surface area contributed by atoms with Crippen LogP contribution >= 0.6 is 23.1 Å². The molecule has 0 saturated heterocycles. The summed E-state index contributed by atoms with van der Waals surface area (Å²) in [5.41, 5.74) is 0.556. The smallest absolute Gasteiger partial charge is 0.341 e. The van der Waals surface area contributed by atoms with Crippen LogP contribution in [-0.2, 0) is 14.9 Å². The third-order valence-electron chi connectivity index (χ3n) is 4.63. The quantitative estimate of drug-likeness (QED) is 0.412. The number of nitrogens with one attached hydrogen (secondary N) is 2. The molecule has 2 rings (SSSR count). The molecule has 2 amide bonds. The summed E-state index contributed by atoms with van der Waals surface area (Å²) in [6, 6.07) is 0. The van der Waals surface area contributed by atoms with Crippen molar-refractivity contribution in [3.05, 3.63) is 21.8 Å². The van der Waals surface area contributed by atoms with Crippen molar-refractivity contribution >= 4 is 45.9 Å². The highest BCUT2D eigenvalue weighted by molar-refractivity contribution is 7.99. The number of esters is 1. The Morgan fingerprint density at radius 3 is 2.38 bits per heavy atom. The lowest BCUT2D eigenvalue weighted by atomic mass is 9.96. The molecule has 2 aromatic rings. The maximum absolute atomic E-state index is 12.9. The van der Waals surface area contributed by atoms with Crippen LogP contribution in [0.2, 0.25) is 0 Å². The number of carbonyl (C=O) groups excluding carboxylic acids is 3. The van der Waals surface area contributed by atoms with Crippen LogP contribution in [0.3, 0.4) is 0 Å². The monoisotopic (exact) mass is 481 g/mol. The van der Waals surface area contributed by atoms with E-state index in [1.54, 1.807) is 18.7 Å². The Kier molecular flexibility index (Phi) is 8.85. The van der Waals surface area contributed by atoms with Crippen molar-refractivity contribution in [2.24, 2.45) is 0 Å². The van der Waals surface area contributed by atoms with Crippen LogP contribution in [0.15, 0.2) is 5.16 Å². The van der Waals surface area contributed by atoms with E-state index in [1.165, 1.54) is 11.8 Å². The Labute approximate surface area is 196 Å². The van der Waals surface area contributed by atoms with Gasteiger partial charge in [0, 0.05) is 18.5 Å². The summed E-state index contributed by atoms with van der Waals surface area (Å²) in [7, 11) is 0. The van der Waals surface area contributed by atoms with Gasteiger partial charge >= 0.3 is 5.97 Å². The van der Waals surface area contributed by atoms with Crippen molar-refractivity contribution < 1.29 is 19.1 Å². The van der Waals surface area contributed by atoms with E-state index in [0.29, 0.717) is 33.7 Å². The molecule has 0 radical (unpaired) electrons. The van der Waals surface area contributed by atoms with E-state index in [4.69, 9.17) is 4.74 Å². The molecule has 0 unspecified atom stereocenters. The molecule has 11 heteroatoms. The summed E-state index contributed by atoms with van der Waals surface area (Å²) in [6.45, 7) is 14.5. The highest BCUT2D eigenvalue weighted by Gasteiger charge is 2.28. The molecule has 2 heterocycles. The molecule has 0 aliphatic carbocycles. The number of carbonyl (C=O) groups is 3. The molecule has 2 N–H and O–H groups in total. The van der Waals surface area contributed by atoms with E-state index >= 15 is 0 Å². The molecule has 0 aliphatic heterocycles. The SMILES string of the molecule is CCOC(=O)c1c(NC(=O)CSc2n[nH]c(C(C)(C)C)n2)sc(C(=O)N(CC)CC)c1C. The molecule has 0 aromatic carbocycles. The standard InChI is InChI=1S/C21H31N5O4S2/c1-8-26(9-2)17(28)15-12(4)14(18(29)30-10-3)16(32-15)22-13(27)11-31-20-23-19(24-25-20)21(5,6)7/h8-11H2,1-7H3,(H,22,27)(H,23,24,25). The number of thioether (sulfide) groups is 1. The number of thiophene rings is 1. The Bertz CT molecular complexity index is 973. The number of aromatic amines is 1. The van der Waals surface area contributed by atoms with Gasteiger partial charge in [-0.05, 0) is 33.3 Å². The Hall–Kier alpha value is -2.40. The molecule has 0 saturated carbocycles. The molecule has 0 fully saturated rings. The van der Waals surface area contributed by atoms with E-state index in [2.05, 4.69) is 20.5 Å². The topological polar surface area (TPSA) is 117 Å². The first-order valence-corrected chi connectivity index (χ1v) is 12.3. The molecule has 0 bridgehead atoms. The van der Waals surface area contributed by atoms with Gasteiger partial charge in [-0.3, -0.25) is 14.7 Å². The molecular weight excluding hydrogens is 450 g/mol. The van der Waals surface area contributed by atoms with E-state index in [1.807, 2.05) is 34.6 Å². The molecule has 2 aromatic heterocycles. The Morgan fingerprint density at radius 2 is 1.84 bits per heavy atom. The van der Waals surface area contributed by atoms with Crippen molar-refractivity contribution in [1.29, 1.82) is 0 Å². The summed E-state index contributed by atoms with van der Waals surface area (Å²) in [4.78, 5) is 44.6. The van der Waals surface area contributed by atoms with E-state index in [0.717, 1.165) is 17.2 Å². The fourth-order valence-corrected chi connectivity index (χ4v) is 4.63. The number of hydrogen-bond donors (Lipinski definition) is 2. The summed E-state index contributed by atoms with van der Waals surface area (Å²) in [6.07, 6.45) is 0. The molecule has 9 nitrogen and oxygen atoms in total. The average Bonchev–Trinajstić information content (AvgIpc) is 3.32. The number of nitrogens with zero attached hydrogens (tertiary/aromatic N) is 3. The highest BCUT2D eigenvalue weighted by atomic mass is 32.2. The van der Waals surface area contributed by atoms with Crippen LogP contribution in [0.1, 0.15) is 73.0 Å². The number of amides is 2. The minimum absolute atomic E-state index is 0.0555. The van der Waals surface area contributed by atoms with Crippen LogP contribution in [0.25, 0.3) is 0 Å². The summed E-state index contributed by atoms with van der Waals surface area (Å²) in [5.74, 6) is -0.274. The second kappa shape index (κ2) is 11.0. The zero-order valence-electron chi connectivity index (χ0n) is 19.6. The molecular formula is C21H31N5O4S2. The number of hydrogen-bond acceptors (Lipinski definition) is 8. The fourth-order valence-electron chi connectivity index (χ4n) is 2.85. The summed E-state index contributed by atoms with van der Waals surface area (Å²) in [5, 5.41) is 10.6. The first-order chi connectivity index (χ1) is 15.0. The van der Waals surface area contributed by atoms with Gasteiger partial charge in [0.1, 0.15) is 10.8 Å². The van der Waals surface area contributed by atoms with Gasteiger partial charge in [0.25, 0.3) is 5.91 Å². The number of ether oxygens (including phenoxy) is 1. The maximum atomic E-state index is 12.9. The predicted octanol–water partition coefficient (Wildman–Crippen LogP) is 3.86. The summed E-state index contributed by atoms with van der Waals surface area (Å²) < 4.78 is 5.16. The van der Waals surface area contributed by atoms with Crippen molar-refractivity contribution in [2.75, 3.05) is 30.8 Å². The van der Waals surface area contributed by atoms with Gasteiger partial charge in [-0.2, -0.15) is 0 Å². The number of anilines is 1. The van der Waals surface area contributed by atoms with Crippen molar-refractivity contribution in [3.8, 4) is 0 Å². The first-order valence-electron chi connectivity index (χ1n) is 10.5.